The van der Waals surface area contributed by atoms with Gasteiger partial charge >= 0.3 is 0 Å². The van der Waals surface area contributed by atoms with Crippen molar-refractivity contribution in [1.29, 1.82) is 0 Å². The molecule has 7 heteroatoms. The van der Waals surface area contributed by atoms with E-state index in [9.17, 15) is 18.8 Å². The Hall–Kier alpha value is -2.44. The van der Waals surface area contributed by atoms with E-state index in [0.717, 1.165) is 19.3 Å². The summed E-state index contributed by atoms with van der Waals surface area (Å²) in [6.07, 6.45) is 3.29. The zero-order valence-corrected chi connectivity index (χ0v) is 13.5. The Kier molecular flexibility index (Phi) is 6.72. The smallest absolute Gasteiger partial charge is 0.254 e. The molecule has 0 aromatic heterocycles. The lowest BCUT2D eigenvalue weighted by molar-refractivity contribution is -0.135. The molecule has 1 aliphatic heterocycles. The first kappa shape index (κ1) is 17.9. The Balaban J connectivity index is 1.68. The van der Waals surface area contributed by atoms with Crippen LogP contribution in [-0.4, -0.2) is 48.8 Å². The van der Waals surface area contributed by atoms with E-state index < -0.39 is 11.7 Å². The van der Waals surface area contributed by atoms with Gasteiger partial charge in [-0.05, 0) is 25.0 Å². The molecule has 2 rings (SSSR count). The molecule has 0 saturated carbocycles. The second-order valence-corrected chi connectivity index (χ2v) is 5.71. The first-order valence-electron chi connectivity index (χ1n) is 8.15. The third-order valence-electron chi connectivity index (χ3n) is 3.86. The summed E-state index contributed by atoms with van der Waals surface area (Å²) in [7, 11) is 0. The molecule has 0 radical (unpaired) electrons. The lowest BCUT2D eigenvalue weighted by Gasteiger charge is -2.19. The minimum Gasteiger partial charge on any atom is -0.353 e. The average molecular weight is 335 g/mol. The maximum atomic E-state index is 13.4. The molecule has 1 aromatic rings. The van der Waals surface area contributed by atoms with Crippen LogP contribution in [0.2, 0.25) is 0 Å². The van der Waals surface area contributed by atoms with E-state index in [-0.39, 0.29) is 37.0 Å². The van der Waals surface area contributed by atoms with Crippen LogP contribution in [0.3, 0.4) is 0 Å². The van der Waals surface area contributed by atoms with Crippen LogP contribution in [-0.2, 0) is 9.59 Å². The number of carbonyl (C=O) groups is 3. The average Bonchev–Trinajstić information content (AvgIpc) is 2.76. The maximum absolute atomic E-state index is 13.4. The van der Waals surface area contributed by atoms with Crippen molar-refractivity contribution in [3.63, 3.8) is 0 Å². The number of hydrogen-bond donors (Lipinski definition) is 2. The van der Waals surface area contributed by atoms with E-state index in [1.807, 2.05) is 0 Å². The fraction of sp³-hybridized carbons (Fsp3) is 0.471. The van der Waals surface area contributed by atoms with Crippen LogP contribution in [0.25, 0.3) is 0 Å². The third kappa shape index (κ3) is 5.33. The molecule has 2 N–H and O–H groups in total. The van der Waals surface area contributed by atoms with Crippen molar-refractivity contribution in [2.24, 2.45) is 0 Å². The number of likely N-dealkylation sites (tertiary alicyclic amines) is 1. The molecule has 6 nitrogen and oxygen atoms in total. The zero-order valence-electron chi connectivity index (χ0n) is 13.5. The Morgan fingerprint density at radius 3 is 2.62 bits per heavy atom. The molecule has 1 heterocycles. The molecule has 1 saturated heterocycles. The Morgan fingerprint density at radius 1 is 1.08 bits per heavy atom. The number of nitrogens with zero attached hydrogens (tertiary/aromatic N) is 1. The summed E-state index contributed by atoms with van der Waals surface area (Å²) < 4.78 is 13.4. The third-order valence-corrected chi connectivity index (χ3v) is 3.86. The highest BCUT2D eigenvalue weighted by atomic mass is 19.1. The summed E-state index contributed by atoms with van der Waals surface area (Å²) in [5, 5.41) is 5.19. The highest BCUT2D eigenvalue weighted by Crippen LogP contribution is 2.10. The minimum absolute atomic E-state index is 0.00973. The zero-order chi connectivity index (χ0) is 17.4. The number of carbonyl (C=O) groups excluding carboxylic acids is 3. The van der Waals surface area contributed by atoms with Crippen molar-refractivity contribution in [3.8, 4) is 0 Å². The van der Waals surface area contributed by atoms with Gasteiger partial charge in [0.2, 0.25) is 11.8 Å². The molecule has 3 amide bonds. The van der Waals surface area contributed by atoms with Crippen LogP contribution in [0, 0.1) is 5.82 Å². The molecular weight excluding hydrogens is 313 g/mol. The van der Waals surface area contributed by atoms with Gasteiger partial charge < -0.3 is 15.5 Å². The second-order valence-electron chi connectivity index (χ2n) is 5.71. The molecule has 0 bridgehead atoms. The summed E-state index contributed by atoms with van der Waals surface area (Å²) >= 11 is 0. The Morgan fingerprint density at radius 2 is 1.83 bits per heavy atom. The summed E-state index contributed by atoms with van der Waals surface area (Å²) in [4.78, 5) is 37.0. The van der Waals surface area contributed by atoms with Gasteiger partial charge in [0, 0.05) is 26.1 Å². The number of nitrogens with one attached hydrogen (secondary N) is 2. The lowest BCUT2D eigenvalue weighted by Crippen LogP contribution is -2.42. The normalized spacial score (nSPS) is 14.9. The predicted molar refractivity (Wildman–Crippen MR) is 86.8 cm³/mol. The molecule has 1 aliphatic rings. The van der Waals surface area contributed by atoms with Crippen molar-refractivity contribution < 1.29 is 18.8 Å². The second kappa shape index (κ2) is 9.00. The van der Waals surface area contributed by atoms with Crippen LogP contribution in [0.1, 0.15) is 36.0 Å². The van der Waals surface area contributed by atoms with Gasteiger partial charge in [0.15, 0.2) is 0 Å². The van der Waals surface area contributed by atoms with E-state index in [1.165, 1.54) is 18.2 Å². The van der Waals surface area contributed by atoms with Crippen LogP contribution in [0.15, 0.2) is 24.3 Å². The van der Waals surface area contributed by atoms with Crippen LogP contribution in [0.4, 0.5) is 4.39 Å². The van der Waals surface area contributed by atoms with Gasteiger partial charge in [0.1, 0.15) is 5.82 Å². The van der Waals surface area contributed by atoms with Gasteiger partial charge in [-0.3, -0.25) is 14.4 Å². The van der Waals surface area contributed by atoms with E-state index >= 15 is 0 Å². The monoisotopic (exact) mass is 335 g/mol. The standard InChI is InChI=1S/C17H22FN3O3/c18-14-7-4-3-6-13(14)17(24)20-10-9-19-15(22)12-21-11-5-1-2-8-16(21)23/h3-4,6-7H,1-2,5,8-12H2,(H,19,22)(H,20,24). The summed E-state index contributed by atoms with van der Waals surface area (Å²) in [6, 6.07) is 5.71. The molecule has 24 heavy (non-hydrogen) atoms. The predicted octanol–water partition coefficient (Wildman–Crippen LogP) is 1.07. The molecule has 0 atom stereocenters. The van der Waals surface area contributed by atoms with Crippen molar-refractivity contribution in [2.75, 3.05) is 26.2 Å². The van der Waals surface area contributed by atoms with Crippen molar-refractivity contribution in [3.05, 3.63) is 35.6 Å². The number of rotatable bonds is 6. The topological polar surface area (TPSA) is 78.5 Å². The van der Waals surface area contributed by atoms with Gasteiger partial charge in [0.05, 0.1) is 12.1 Å². The van der Waals surface area contributed by atoms with Crippen molar-refractivity contribution in [2.45, 2.75) is 25.7 Å². The molecule has 0 aliphatic carbocycles. The van der Waals surface area contributed by atoms with Crippen LogP contribution in [0.5, 0.6) is 0 Å². The quantitative estimate of drug-likeness (QED) is 0.764. The van der Waals surface area contributed by atoms with E-state index in [0.29, 0.717) is 13.0 Å². The molecule has 1 fully saturated rings. The van der Waals surface area contributed by atoms with Crippen LogP contribution < -0.4 is 10.6 Å². The van der Waals surface area contributed by atoms with E-state index in [2.05, 4.69) is 10.6 Å². The molecule has 1 aromatic carbocycles. The van der Waals surface area contributed by atoms with Gasteiger partial charge in [0.25, 0.3) is 5.91 Å². The Labute approximate surface area is 140 Å². The molecule has 0 spiro atoms. The molecule has 130 valence electrons. The van der Waals surface area contributed by atoms with Crippen LogP contribution >= 0.6 is 0 Å². The largest absolute Gasteiger partial charge is 0.353 e. The van der Waals surface area contributed by atoms with Crippen molar-refractivity contribution in [1.82, 2.24) is 15.5 Å². The highest BCUT2D eigenvalue weighted by molar-refractivity contribution is 5.94. The Bertz CT molecular complexity index is 606. The van der Waals surface area contributed by atoms with E-state index in [4.69, 9.17) is 0 Å². The minimum atomic E-state index is -0.585. The SMILES string of the molecule is O=C(CN1CCCCCC1=O)NCCNC(=O)c1ccccc1F. The number of amides is 3. The number of hydrogen-bond acceptors (Lipinski definition) is 3. The van der Waals surface area contributed by atoms with E-state index in [1.54, 1.807) is 11.0 Å². The van der Waals surface area contributed by atoms with Gasteiger partial charge in [-0.25, -0.2) is 4.39 Å². The van der Waals surface area contributed by atoms with Gasteiger partial charge in [-0.1, -0.05) is 18.6 Å². The summed E-state index contributed by atoms with van der Waals surface area (Å²) in [6.45, 7) is 1.06. The first-order chi connectivity index (χ1) is 11.6. The number of halogens is 1. The number of benzene rings is 1. The van der Waals surface area contributed by atoms with Gasteiger partial charge in [-0.15, -0.1) is 0 Å². The molecular formula is C17H22FN3O3. The fourth-order valence-corrected chi connectivity index (χ4v) is 2.55. The van der Waals surface area contributed by atoms with Crippen molar-refractivity contribution >= 4 is 17.7 Å². The molecule has 0 unspecified atom stereocenters. The first-order valence-corrected chi connectivity index (χ1v) is 8.15. The lowest BCUT2D eigenvalue weighted by atomic mass is 10.2. The van der Waals surface area contributed by atoms with Gasteiger partial charge in [-0.2, -0.15) is 0 Å². The maximum Gasteiger partial charge on any atom is 0.254 e. The summed E-state index contributed by atoms with van der Waals surface area (Å²) in [5.41, 5.74) is -0.0287. The highest BCUT2D eigenvalue weighted by Gasteiger charge is 2.18. The fourth-order valence-electron chi connectivity index (χ4n) is 2.55. The summed E-state index contributed by atoms with van der Waals surface area (Å²) in [5.74, 6) is -1.36.